The van der Waals surface area contributed by atoms with Crippen molar-refractivity contribution in [3.05, 3.63) is 47.7 Å². The first kappa shape index (κ1) is 18.0. The van der Waals surface area contributed by atoms with Gasteiger partial charge in [0.1, 0.15) is 11.9 Å². The molecule has 1 aliphatic heterocycles. The van der Waals surface area contributed by atoms with E-state index in [2.05, 4.69) is 10.9 Å². The molecule has 0 saturated carbocycles. The molecule has 2 aromatic rings. The van der Waals surface area contributed by atoms with Gasteiger partial charge in [-0.25, -0.2) is 0 Å². The highest BCUT2D eigenvalue weighted by Crippen LogP contribution is 2.32. The van der Waals surface area contributed by atoms with Crippen LogP contribution in [0.5, 0.6) is 0 Å². The number of hydrogen-bond donors (Lipinski definition) is 2. The summed E-state index contributed by atoms with van der Waals surface area (Å²) in [4.78, 5) is 23.7. The van der Waals surface area contributed by atoms with Crippen molar-refractivity contribution in [3.8, 4) is 11.3 Å². The van der Waals surface area contributed by atoms with Gasteiger partial charge in [0.15, 0.2) is 5.76 Å². The summed E-state index contributed by atoms with van der Waals surface area (Å²) in [6, 6.07) is 7.26. The number of amides is 2. The molecule has 26 heavy (non-hydrogen) atoms. The maximum absolute atomic E-state index is 12.8. The predicted molar refractivity (Wildman–Crippen MR) is 83.7 cm³/mol. The Bertz CT molecular complexity index is 810. The predicted octanol–water partition coefficient (Wildman–Crippen LogP) is 2.91. The zero-order valence-electron chi connectivity index (χ0n) is 13.4. The van der Waals surface area contributed by atoms with E-state index in [0.717, 1.165) is 18.6 Å². The number of halogens is 3. The van der Waals surface area contributed by atoms with Crippen molar-refractivity contribution in [2.45, 2.75) is 25.1 Å². The Morgan fingerprint density at radius 2 is 1.92 bits per heavy atom. The maximum Gasteiger partial charge on any atom is 0.416 e. The second-order valence-corrected chi connectivity index (χ2v) is 5.69. The van der Waals surface area contributed by atoms with Crippen molar-refractivity contribution in [2.75, 3.05) is 6.61 Å². The molecule has 0 radical (unpaired) electrons. The van der Waals surface area contributed by atoms with Gasteiger partial charge in [0, 0.05) is 12.2 Å². The van der Waals surface area contributed by atoms with E-state index >= 15 is 0 Å². The normalized spacial score (nSPS) is 17.1. The van der Waals surface area contributed by atoms with Crippen molar-refractivity contribution >= 4 is 11.8 Å². The molecule has 6 nitrogen and oxygen atoms in total. The Hall–Kier alpha value is -2.81. The highest BCUT2D eigenvalue weighted by atomic mass is 19.4. The minimum Gasteiger partial charge on any atom is -0.451 e. The summed E-state index contributed by atoms with van der Waals surface area (Å²) in [7, 11) is 0. The van der Waals surface area contributed by atoms with E-state index < -0.39 is 29.7 Å². The molecular weight excluding hydrogens is 353 g/mol. The van der Waals surface area contributed by atoms with Gasteiger partial charge in [0.2, 0.25) is 0 Å². The fourth-order valence-corrected chi connectivity index (χ4v) is 2.51. The summed E-state index contributed by atoms with van der Waals surface area (Å²) >= 11 is 0. The van der Waals surface area contributed by atoms with Gasteiger partial charge >= 0.3 is 12.1 Å². The molecule has 9 heteroatoms. The van der Waals surface area contributed by atoms with Crippen LogP contribution in [-0.4, -0.2) is 24.5 Å². The van der Waals surface area contributed by atoms with Gasteiger partial charge in [-0.05, 0) is 37.1 Å². The quantitative estimate of drug-likeness (QED) is 0.817. The molecule has 0 bridgehead atoms. The second-order valence-electron chi connectivity index (χ2n) is 5.69. The van der Waals surface area contributed by atoms with Crippen LogP contribution in [0.25, 0.3) is 11.3 Å². The fourth-order valence-electron chi connectivity index (χ4n) is 2.51. The maximum atomic E-state index is 12.8. The van der Waals surface area contributed by atoms with Crippen LogP contribution in [0.1, 0.15) is 29.0 Å². The Morgan fingerprint density at radius 3 is 2.62 bits per heavy atom. The molecule has 1 unspecified atom stereocenters. The smallest absolute Gasteiger partial charge is 0.416 e. The third kappa shape index (κ3) is 4.05. The zero-order valence-corrected chi connectivity index (χ0v) is 13.4. The largest absolute Gasteiger partial charge is 0.451 e. The number of carbonyl (C=O) groups excluding carboxylic acids is 2. The number of hydrazine groups is 1. The lowest BCUT2D eigenvalue weighted by Gasteiger charge is -2.10. The lowest BCUT2D eigenvalue weighted by atomic mass is 10.1. The number of benzene rings is 1. The Labute approximate surface area is 146 Å². The molecule has 1 fully saturated rings. The van der Waals surface area contributed by atoms with E-state index in [4.69, 9.17) is 9.15 Å². The van der Waals surface area contributed by atoms with Crippen molar-refractivity contribution in [1.82, 2.24) is 10.9 Å². The van der Waals surface area contributed by atoms with Crippen LogP contribution in [0.15, 0.2) is 40.8 Å². The van der Waals surface area contributed by atoms with Crippen LogP contribution in [0, 0.1) is 0 Å². The van der Waals surface area contributed by atoms with Gasteiger partial charge < -0.3 is 9.15 Å². The molecule has 1 aromatic carbocycles. The van der Waals surface area contributed by atoms with E-state index in [1.807, 2.05) is 0 Å². The highest BCUT2D eigenvalue weighted by Gasteiger charge is 2.30. The minimum absolute atomic E-state index is 0.103. The Morgan fingerprint density at radius 1 is 1.12 bits per heavy atom. The number of alkyl halides is 3. The average molecular weight is 368 g/mol. The Balaban J connectivity index is 1.65. The molecule has 0 aliphatic carbocycles. The van der Waals surface area contributed by atoms with Crippen LogP contribution >= 0.6 is 0 Å². The van der Waals surface area contributed by atoms with Gasteiger partial charge in [-0.15, -0.1) is 0 Å². The molecule has 2 amide bonds. The summed E-state index contributed by atoms with van der Waals surface area (Å²) < 4.78 is 48.8. The van der Waals surface area contributed by atoms with Gasteiger partial charge in [-0.1, -0.05) is 12.1 Å². The number of hydrogen-bond acceptors (Lipinski definition) is 4. The molecule has 2 heterocycles. The van der Waals surface area contributed by atoms with Crippen molar-refractivity contribution in [1.29, 1.82) is 0 Å². The van der Waals surface area contributed by atoms with E-state index in [9.17, 15) is 22.8 Å². The van der Waals surface area contributed by atoms with Crippen molar-refractivity contribution in [3.63, 3.8) is 0 Å². The minimum atomic E-state index is -4.48. The van der Waals surface area contributed by atoms with E-state index in [1.54, 1.807) is 0 Å². The lowest BCUT2D eigenvalue weighted by Crippen LogP contribution is -2.46. The molecule has 1 aromatic heterocycles. The standard InChI is InChI=1S/C17H15F3N2O4/c18-17(19,20)11-4-1-3-10(9-11)12-6-7-14(26-12)16(24)22-21-15(23)13-5-2-8-25-13/h1,3-4,6-7,9,13H,2,5,8H2,(H,21,23)(H,22,24). The molecular formula is C17H15F3N2O4. The second kappa shape index (κ2) is 7.20. The summed E-state index contributed by atoms with van der Waals surface area (Å²) in [5.41, 5.74) is 3.78. The van der Waals surface area contributed by atoms with Gasteiger partial charge in [0.05, 0.1) is 5.56 Å². The first-order valence-corrected chi connectivity index (χ1v) is 7.84. The van der Waals surface area contributed by atoms with Gasteiger partial charge in [-0.3, -0.25) is 20.4 Å². The SMILES string of the molecule is O=C(NNC(=O)C1CCCO1)c1ccc(-c2cccc(C(F)(F)F)c2)o1. The third-order valence-corrected chi connectivity index (χ3v) is 3.83. The number of rotatable bonds is 3. The van der Waals surface area contributed by atoms with Crippen LogP contribution in [0.2, 0.25) is 0 Å². The van der Waals surface area contributed by atoms with Crippen LogP contribution in [0.3, 0.4) is 0 Å². The number of furan rings is 1. The summed E-state index contributed by atoms with van der Waals surface area (Å²) in [5, 5.41) is 0. The van der Waals surface area contributed by atoms with Crippen LogP contribution in [-0.2, 0) is 15.7 Å². The van der Waals surface area contributed by atoms with Crippen molar-refractivity contribution in [2.24, 2.45) is 0 Å². The molecule has 3 rings (SSSR count). The third-order valence-electron chi connectivity index (χ3n) is 3.83. The Kier molecular flexibility index (Phi) is 4.99. The summed E-state index contributed by atoms with van der Waals surface area (Å²) in [6.07, 6.45) is -3.74. The molecule has 138 valence electrons. The lowest BCUT2D eigenvalue weighted by molar-refractivity contribution is -0.137. The van der Waals surface area contributed by atoms with Crippen LogP contribution in [0.4, 0.5) is 13.2 Å². The van der Waals surface area contributed by atoms with Gasteiger partial charge in [0.25, 0.3) is 5.91 Å². The highest BCUT2D eigenvalue weighted by molar-refractivity contribution is 5.94. The molecule has 1 aliphatic rings. The van der Waals surface area contributed by atoms with Crippen LogP contribution < -0.4 is 10.9 Å². The zero-order chi connectivity index (χ0) is 18.7. The van der Waals surface area contributed by atoms with Gasteiger partial charge in [-0.2, -0.15) is 13.2 Å². The van der Waals surface area contributed by atoms with Crippen molar-refractivity contribution < 1.29 is 31.9 Å². The van der Waals surface area contributed by atoms with E-state index in [-0.39, 0.29) is 17.1 Å². The van der Waals surface area contributed by atoms with E-state index in [1.165, 1.54) is 24.3 Å². The molecule has 0 spiro atoms. The first-order chi connectivity index (χ1) is 12.3. The first-order valence-electron chi connectivity index (χ1n) is 7.84. The average Bonchev–Trinajstić information content (AvgIpc) is 3.30. The molecule has 1 atom stereocenters. The topological polar surface area (TPSA) is 80.6 Å². The number of nitrogens with one attached hydrogen (secondary N) is 2. The van der Waals surface area contributed by atoms with E-state index in [0.29, 0.717) is 13.0 Å². The fraction of sp³-hybridized carbons (Fsp3) is 0.294. The summed E-state index contributed by atoms with van der Waals surface area (Å²) in [5.74, 6) is -1.24. The number of ether oxygens (including phenoxy) is 1. The number of carbonyl (C=O) groups is 2. The molecule has 2 N–H and O–H groups in total. The monoisotopic (exact) mass is 368 g/mol. The summed E-state index contributed by atoms with van der Waals surface area (Å²) in [6.45, 7) is 0.491. The molecule has 1 saturated heterocycles.